The highest BCUT2D eigenvalue weighted by Gasteiger charge is 2.31. The number of hydrogen-bond acceptors (Lipinski definition) is 5. The largest absolute Gasteiger partial charge is 0.468 e. The average molecular weight is 288 g/mol. The highest BCUT2D eigenvalue weighted by atomic mass is 32.2. The van der Waals surface area contributed by atoms with Crippen LogP contribution in [0.2, 0.25) is 0 Å². The lowest BCUT2D eigenvalue weighted by atomic mass is 10.4. The first kappa shape index (κ1) is 15.4. The van der Waals surface area contributed by atoms with Crippen LogP contribution in [0, 0.1) is 0 Å². The Balaban J connectivity index is 3.25. The predicted octanol–water partition coefficient (Wildman–Crippen LogP) is -0.0530. The number of methoxy groups -OCH3 is 1. The van der Waals surface area contributed by atoms with Crippen LogP contribution in [-0.2, 0) is 19.6 Å². The Morgan fingerprint density at radius 2 is 2.11 bits per heavy atom. The summed E-state index contributed by atoms with van der Waals surface area (Å²) in [5.74, 6) is -0.690. The molecule has 0 atom stereocenters. The second-order valence-corrected chi connectivity index (χ2v) is 5.95. The van der Waals surface area contributed by atoms with Crippen LogP contribution in [0.1, 0.15) is 13.8 Å². The molecule has 0 saturated carbocycles. The van der Waals surface area contributed by atoms with Gasteiger partial charge >= 0.3 is 5.97 Å². The number of ether oxygens (including phenoxy) is 1. The monoisotopic (exact) mass is 288 g/mol. The van der Waals surface area contributed by atoms with E-state index >= 15 is 0 Å². The minimum absolute atomic E-state index is 0.396. The molecule has 0 aromatic carbocycles. The maximum absolute atomic E-state index is 12.3. The van der Waals surface area contributed by atoms with Crippen molar-refractivity contribution in [3.05, 3.63) is 28.7 Å². The van der Waals surface area contributed by atoms with E-state index in [9.17, 15) is 18.0 Å². The fraction of sp³-hybridized carbons (Fsp3) is 0.455. The molecule has 0 unspecified atom stereocenters. The Kier molecular flexibility index (Phi) is 4.84. The number of sulfonamides is 1. The standard InChI is InChI=1S/C11H16N2O5S/c1-8(2)13(7-11(15)18-3)19(16,17)10-6-12-5-4-9(10)14/h4-6,8H,7H2,1-3H3,(H,12,14). The molecule has 0 saturated heterocycles. The molecule has 0 amide bonds. The molecule has 1 aromatic heterocycles. The minimum Gasteiger partial charge on any atom is -0.468 e. The van der Waals surface area contributed by atoms with Crippen molar-refractivity contribution in [2.45, 2.75) is 24.8 Å². The van der Waals surface area contributed by atoms with Gasteiger partial charge in [-0.15, -0.1) is 0 Å². The van der Waals surface area contributed by atoms with Crippen molar-refractivity contribution >= 4 is 16.0 Å². The molecule has 1 N–H and O–H groups in total. The van der Waals surface area contributed by atoms with Crippen LogP contribution in [0.15, 0.2) is 28.2 Å². The summed E-state index contributed by atoms with van der Waals surface area (Å²) < 4.78 is 30.1. The van der Waals surface area contributed by atoms with Crippen LogP contribution in [0.25, 0.3) is 0 Å². The quantitative estimate of drug-likeness (QED) is 0.766. The van der Waals surface area contributed by atoms with Gasteiger partial charge < -0.3 is 9.72 Å². The SMILES string of the molecule is COC(=O)CN(C(C)C)S(=O)(=O)c1c[nH]ccc1=O. The zero-order chi connectivity index (χ0) is 14.6. The van der Waals surface area contributed by atoms with Crippen LogP contribution < -0.4 is 5.43 Å². The number of pyridine rings is 1. The third-order valence-corrected chi connectivity index (χ3v) is 4.51. The summed E-state index contributed by atoms with van der Waals surface area (Å²) in [7, 11) is -2.88. The van der Waals surface area contributed by atoms with Gasteiger partial charge in [0.15, 0.2) is 0 Å². The molecule has 19 heavy (non-hydrogen) atoms. The van der Waals surface area contributed by atoms with E-state index in [-0.39, 0.29) is 0 Å². The molecular weight excluding hydrogens is 272 g/mol. The summed E-state index contributed by atoms with van der Waals surface area (Å²) in [6.07, 6.45) is 2.44. The molecule has 1 heterocycles. The van der Waals surface area contributed by atoms with E-state index in [0.717, 1.165) is 16.6 Å². The molecule has 0 aliphatic heterocycles. The van der Waals surface area contributed by atoms with Gasteiger partial charge in [-0.3, -0.25) is 9.59 Å². The van der Waals surface area contributed by atoms with Gasteiger partial charge in [-0.25, -0.2) is 8.42 Å². The lowest BCUT2D eigenvalue weighted by Crippen LogP contribution is -2.42. The van der Waals surface area contributed by atoms with E-state index in [4.69, 9.17) is 0 Å². The van der Waals surface area contributed by atoms with Crippen molar-refractivity contribution in [1.29, 1.82) is 0 Å². The van der Waals surface area contributed by atoms with Gasteiger partial charge in [0.2, 0.25) is 15.5 Å². The Morgan fingerprint density at radius 3 is 2.58 bits per heavy atom. The first-order valence-electron chi connectivity index (χ1n) is 5.56. The van der Waals surface area contributed by atoms with Gasteiger partial charge in [0.25, 0.3) is 0 Å². The van der Waals surface area contributed by atoms with E-state index in [0.29, 0.717) is 0 Å². The van der Waals surface area contributed by atoms with E-state index in [1.807, 2.05) is 0 Å². The van der Waals surface area contributed by atoms with E-state index in [1.165, 1.54) is 13.3 Å². The molecule has 1 rings (SSSR count). The van der Waals surface area contributed by atoms with Gasteiger partial charge in [-0.05, 0) is 13.8 Å². The maximum atomic E-state index is 12.3. The Bertz CT molecular complexity index is 606. The number of aromatic amines is 1. The minimum atomic E-state index is -4.05. The Labute approximate surface area is 111 Å². The Hall–Kier alpha value is -1.67. The van der Waals surface area contributed by atoms with E-state index < -0.39 is 38.9 Å². The van der Waals surface area contributed by atoms with Crippen molar-refractivity contribution in [2.75, 3.05) is 13.7 Å². The fourth-order valence-electron chi connectivity index (χ4n) is 1.47. The van der Waals surface area contributed by atoms with Crippen LogP contribution in [0.4, 0.5) is 0 Å². The highest BCUT2D eigenvalue weighted by molar-refractivity contribution is 7.89. The predicted molar refractivity (Wildman–Crippen MR) is 68.1 cm³/mol. The van der Waals surface area contributed by atoms with E-state index in [2.05, 4.69) is 9.72 Å². The number of carbonyl (C=O) groups excluding carboxylic acids is 1. The zero-order valence-corrected chi connectivity index (χ0v) is 11.7. The topological polar surface area (TPSA) is 96.5 Å². The molecule has 0 fully saturated rings. The molecule has 0 radical (unpaired) electrons. The second kappa shape index (κ2) is 5.98. The summed E-state index contributed by atoms with van der Waals surface area (Å²) in [5, 5.41) is 0. The second-order valence-electron chi connectivity index (χ2n) is 4.09. The third kappa shape index (κ3) is 3.42. The summed E-state index contributed by atoms with van der Waals surface area (Å²) in [4.78, 5) is 25.0. The Morgan fingerprint density at radius 1 is 1.47 bits per heavy atom. The zero-order valence-electron chi connectivity index (χ0n) is 10.9. The average Bonchev–Trinajstić information content (AvgIpc) is 2.35. The first-order valence-corrected chi connectivity index (χ1v) is 7.00. The van der Waals surface area contributed by atoms with Gasteiger partial charge in [0.05, 0.1) is 7.11 Å². The molecule has 7 nitrogen and oxygen atoms in total. The van der Waals surface area contributed by atoms with Gasteiger partial charge in [0, 0.05) is 24.5 Å². The lowest BCUT2D eigenvalue weighted by molar-refractivity contribution is -0.141. The summed E-state index contributed by atoms with van der Waals surface area (Å²) >= 11 is 0. The number of carbonyl (C=O) groups is 1. The van der Waals surface area contributed by atoms with Gasteiger partial charge in [-0.2, -0.15) is 4.31 Å². The molecule has 0 aliphatic carbocycles. The third-order valence-electron chi connectivity index (χ3n) is 2.46. The molecular formula is C11H16N2O5S. The summed E-state index contributed by atoms with van der Waals surface area (Å²) in [6.45, 7) is 2.78. The molecule has 1 aromatic rings. The number of nitrogens with one attached hydrogen (secondary N) is 1. The first-order chi connectivity index (χ1) is 8.80. The maximum Gasteiger partial charge on any atom is 0.321 e. The highest BCUT2D eigenvalue weighted by Crippen LogP contribution is 2.14. The van der Waals surface area contributed by atoms with Crippen molar-refractivity contribution in [3.63, 3.8) is 0 Å². The number of esters is 1. The van der Waals surface area contributed by atoms with Crippen LogP contribution >= 0.6 is 0 Å². The number of nitrogens with zero attached hydrogens (tertiary/aromatic N) is 1. The van der Waals surface area contributed by atoms with Gasteiger partial charge in [0.1, 0.15) is 11.4 Å². The molecule has 106 valence electrons. The molecule has 0 aliphatic rings. The van der Waals surface area contributed by atoms with Crippen molar-refractivity contribution < 1.29 is 17.9 Å². The van der Waals surface area contributed by atoms with Crippen LogP contribution in [0.3, 0.4) is 0 Å². The van der Waals surface area contributed by atoms with Gasteiger partial charge in [-0.1, -0.05) is 0 Å². The lowest BCUT2D eigenvalue weighted by Gasteiger charge is -2.24. The van der Waals surface area contributed by atoms with Crippen molar-refractivity contribution in [1.82, 2.24) is 9.29 Å². The number of rotatable bonds is 5. The van der Waals surface area contributed by atoms with Crippen molar-refractivity contribution in [2.24, 2.45) is 0 Å². The smallest absolute Gasteiger partial charge is 0.321 e. The van der Waals surface area contributed by atoms with Crippen LogP contribution in [0.5, 0.6) is 0 Å². The number of hydrogen-bond donors (Lipinski definition) is 1. The van der Waals surface area contributed by atoms with Crippen molar-refractivity contribution in [3.8, 4) is 0 Å². The molecule has 0 bridgehead atoms. The van der Waals surface area contributed by atoms with E-state index in [1.54, 1.807) is 13.8 Å². The normalized spacial score (nSPS) is 11.8. The molecule has 0 spiro atoms. The fourth-order valence-corrected chi connectivity index (χ4v) is 3.09. The number of H-pyrrole nitrogens is 1. The van der Waals surface area contributed by atoms with Crippen LogP contribution in [-0.4, -0.2) is 43.4 Å². The summed E-state index contributed by atoms with van der Waals surface area (Å²) in [5.41, 5.74) is -0.630. The molecule has 8 heteroatoms. The number of aromatic nitrogens is 1. The summed E-state index contributed by atoms with van der Waals surface area (Å²) in [6, 6.07) is 0.632.